The number of carbonyl (C=O) groups is 2. The predicted octanol–water partition coefficient (Wildman–Crippen LogP) is 5.26. The third-order valence-electron chi connectivity index (χ3n) is 4.22. The predicted molar refractivity (Wildman–Crippen MR) is 114 cm³/mol. The molecule has 2 amide bonds. The van der Waals surface area contributed by atoms with Gasteiger partial charge in [0.05, 0.1) is 42.8 Å². The Morgan fingerprint density at radius 3 is 2.21 bits per heavy atom. The average molecular weight is 454 g/mol. The zero-order chi connectivity index (χ0) is 21.1. The zero-order valence-corrected chi connectivity index (χ0v) is 18.2. The number of hydrogen-bond donors (Lipinski definition) is 0. The third-order valence-corrected chi connectivity index (χ3v) is 5.87. The lowest BCUT2D eigenvalue weighted by Gasteiger charge is -2.13. The number of amides is 2. The molecule has 0 unspecified atom stereocenters. The number of halogens is 2. The molecule has 1 aliphatic rings. The first-order chi connectivity index (χ1) is 13.9. The van der Waals surface area contributed by atoms with E-state index in [1.54, 1.807) is 36.4 Å². The van der Waals surface area contributed by atoms with Gasteiger partial charge in [0.15, 0.2) is 11.5 Å². The molecule has 1 heterocycles. The molecule has 1 saturated heterocycles. The largest absolute Gasteiger partial charge is 0.496 e. The molecule has 0 N–H and O–H groups in total. The normalized spacial score (nSPS) is 15.2. The summed E-state index contributed by atoms with van der Waals surface area (Å²) in [5.74, 6) is 1.06. The molecule has 1 fully saturated rings. The Labute approximate surface area is 182 Å². The lowest BCUT2D eigenvalue weighted by atomic mass is 10.1. The first-order valence-corrected chi connectivity index (χ1v) is 9.94. The van der Waals surface area contributed by atoms with Gasteiger partial charge in [-0.15, -0.1) is 0 Å². The van der Waals surface area contributed by atoms with Crippen LogP contribution in [0.4, 0.5) is 4.79 Å². The number of carbonyl (C=O) groups excluding carboxylic acids is 2. The van der Waals surface area contributed by atoms with Crippen molar-refractivity contribution in [3.05, 3.63) is 56.4 Å². The van der Waals surface area contributed by atoms with Gasteiger partial charge in [-0.25, -0.2) is 0 Å². The van der Waals surface area contributed by atoms with Crippen LogP contribution < -0.4 is 14.2 Å². The smallest absolute Gasteiger partial charge is 0.293 e. The second kappa shape index (κ2) is 8.98. The summed E-state index contributed by atoms with van der Waals surface area (Å²) in [5.41, 5.74) is 1.29. The third kappa shape index (κ3) is 4.47. The van der Waals surface area contributed by atoms with Gasteiger partial charge in [0.1, 0.15) is 5.75 Å². The summed E-state index contributed by atoms with van der Waals surface area (Å²) >= 11 is 12.8. The van der Waals surface area contributed by atoms with Crippen LogP contribution >= 0.6 is 35.0 Å². The maximum absolute atomic E-state index is 12.8. The van der Waals surface area contributed by atoms with Gasteiger partial charge in [-0.2, -0.15) is 0 Å². The minimum atomic E-state index is -0.400. The van der Waals surface area contributed by atoms with Crippen LogP contribution in [-0.4, -0.2) is 37.4 Å². The molecule has 0 bridgehead atoms. The van der Waals surface area contributed by atoms with Crippen LogP contribution in [0.15, 0.2) is 35.2 Å². The van der Waals surface area contributed by atoms with Gasteiger partial charge in [0, 0.05) is 11.6 Å². The molecule has 3 rings (SSSR count). The molecule has 9 heteroatoms. The van der Waals surface area contributed by atoms with Gasteiger partial charge in [-0.1, -0.05) is 29.3 Å². The summed E-state index contributed by atoms with van der Waals surface area (Å²) < 4.78 is 16.0. The van der Waals surface area contributed by atoms with Gasteiger partial charge in [-0.3, -0.25) is 14.5 Å². The van der Waals surface area contributed by atoms with Crippen LogP contribution in [0.5, 0.6) is 17.2 Å². The van der Waals surface area contributed by atoms with E-state index in [4.69, 9.17) is 37.4 Å². The fraction of sp³-hybridized carbons (Fsp3) is 0.200. The van der Waals surface area contributed by atoms with Crippen LogP contribution in [0.3, 0.4) is 0 Å². The molecule has 0 atom stereocenters. The molecule has 0 radical (unpaired) electrons. The Hall–Kier alpha value is -2.35. The molecule has 2 aromatic rings. The van der Waals surface area contributed by atoms with Crippen LogP contribution in [0.25, 0.3) is 6.08 Å². The van der Waals surface area contributed by atoms with Crippen molar-refractivity contribution < 1.29 is 23.8 Å². The minimum Gasteiger partial charge on any atom is -0.496 e. The molecule has 29 heavy (non-hydrogen) atoms. The summed E-state index contributed by atoms with van der Waals surface area (Å²) in [6.45, 7) is 0.0992. The summed E-state index contributed by atoms with van der Waals surface area (Å²) in [7, 11) is 4.54. The van der Waals surface area contributed by atoms with Crippen molar-refractivity contribution in [1.29, 1.82) is 0 Å². The molecule has 0 aromatic heterocycles. The summed E-state index contributed by atoms with van der Waals surface area (Å²) in [6, 6.07) is 8.32. The molecular formula is C20H17Cl2NO5S. The van der Waals surface area contributed by atoms with E-state index >= 15 is 0 Å². The quantitative estimate of drug-likeness (QED) is 0.556. The van der Waals surface area contributed by atoms with Crippen molar-refractivity contribution in [3.8, 4) is 17.2 Å². The number of ether oxygens (including phenoxy) is 3. The molecular weight excluding hydrogens is 437 g/mol. The van der Waals surface area contributed by atoms with E-state index in [0.29, 0.717) is 38.4 Å². The minimum absolute atomic E-state index is 0.0992. The van der Waals surface area contributed by atoms with Crippen molar-refractivity contribution in [3.63, 3.8) is 0 Å². The second-order valence-corrected chi connectivity index (χ2v) is 7.77. The first-order valence-electron chi connectivity index (χ1n) is 8.37. The van der Waals surface area contributed by atoms with Gasteiger partial charge < -0.3 is 14.2 Å². The molecule has 0 saturated carbocycles. The van der Waals surface area contributed by atoms with Crippen molar-refractivity contribution in [2.24, 2.45) is 0 Å². The van der Waals surface area contributed by atoms with Crippen LogP contribution in [0.1, 0.15) is 11.1 Å². The Morgan fingerprint density at radius 2 is 1.59 bits per heavy atom. The maximum atomic E-state index is 12.8. The zero-order valence-electron chi connectivity index (χ0n) is 15.8. The fourth-order valence-electron chi connectivity index (χ4n) is 2.76. The number of hydrogen-bond acceptors (Lipinski definition) is 6. The summed E-state index contributed by atoms with van der Waals surface area (Å²) in [5, 5.41) is 0.401. The van der Waals surface area contributed by atoms with Gasteiger partial charge in [0.25, 0.3) is 11.1 Å². The van der Waals surface area contributed by atoms with E-state index in [1.807, 2.05) is 0 Å². The second-order valence-electron chi connectivity index (χ2n) is 5.97. The fourth-order valence-corrected chi connectivity index (χ4v) is 3.91. The Morgan fingerprint density at radius 1 is 0.931 bits per heavy atom. The van der Waals surface area contributed by atoms with Crippen molar-refractivity contribution in [2.45, 2.75) is 6.54 Å². The number of methoxy groups -OCH3 is 3. The van der Waals surface area contributed by atoms with E-state index in [2.05, 4.69) is 0 Å². The lowest BCUT2D eigenvalue weighted by Crippen LogP contribution is -2.27. The van der Waals surface area contributed by atoms with Gasteiger partial charge in [-0.05, 0) is 41.6 Å². The SMILES string of the molecule is COc1cc(OC)c(OC)cc1/C=C1/SC(=O)N(Cc2ccc(Cl)c(Cl)c2)C1=O. The Kier molecular flexibility index (Phi) is 6.62. The van der Waals surface area contributed by atoms with E-state index in [1.165, 1.54) is 21.3 Å². The van der Waals surface area contributed by atoms with Crippen LogP contribution in [-0.2, 0) is 11.3 Å². The van der Waals surface area contributed by atoms with Crippen LogP contribution in [0.2, 0.25) is 10.0 Å². The highest BCUT2D eigenvalue weighted by molar-refractivity contribution is 8.18. The monoisotopic (exact) mass is 453 g/mol. The molecule has 0 spiro atoms. The molecule has 152 valence electrons. The van der Waals surface area contributed by atoms with E-state index in [9.17, 15) is 9.59 Å². The highest BCUT2D eigenvalue weighted by atomic mass is 35.5. The standard InChI is InChI=1S/C20H17Cl2NO5S/c1-26-15-9-17(28-3)16(27-2)7-12(15)8-18-19(24)23(20(25)29-18)10-11-4-5-13(21)14(22)6-11/h4-9H,10H2,1-3H3/b18-8+. The number of thioether (sulfide) groups is 1. The number of rotatable bonds is 6. The highest BCUT2D eigenvalue weighted by Crippen LogP contribution is 2.39. The topological polar surface area (TPSA) is 65.1 Å². The molecule has 6 nitrogen and oxygen atoms in total. The Bertz CT molecular complexity index is 1010. The lowest BCUT2D eigenvalue weighted by molar-refractivity contribution is -0.123. The van der Waals surface area contributed by atoms with Gasteiger partial charge in [0.2, 0.25) is 0 Å². The van der Waals surface area contributed by atoms with E-state index in [0.717, 1.165) is 16.7 Å². The maximum Gasteiger partial charge on any atom is 0.293 e. The highest BCUT2D eigenvalue weighted by Gasteiger charge is 2.35. The summed E-state index contributed by atoms with van der Waals surface area (Å²) in [4.78, 5) is 26.7. The number of benzene rings is 2. The summed E-state index contributed by atoms with van der Waals surface area (Å²) in [6.07, 6.45) is 1.60. The Balaban J connectivity index is 1.90. The van der Waals surface area contributed by atoms with Crippen LogP contribution in [0, 0.1) is 0 Å². The molecule has 2 aromatic carbocycles. The van der Waals surface area contributed by atoms with Gasteiger partial charge >= 0.3 is 0 Å². The molecule has 0 aliphatic carbocycles. The van der Waals surface area contributed by atoms with E-state index in [-0.39, 0.29) is 16.7 Å². The average Bonchev–Trinajstić information content (AvgIpc) is 2.97. The van der Waals surface area contributed by atoms with Crippen molar-refractivity contribution in [2.75, 3.05) is 21.3 Å². The first kappa shape index (κ1) is 21.4. The van der Waals surface area contributed by atoms with Crippen molar-refractivity contribution >= 4 is 52.2 Å². The number of imide groups is 1. The molecule has 1 aliphatic heterocycles. The van der Waals surface area contributed by atoms with E-state index < -0.39 is 5.91 Å². The number of nitrogens with zero attached hydrogens (tertiary/aromatic N) is 1. The van der Waals surface area contributed by atoms with Crippen molar-refractivity contribution in [1.82, 2.24) is 4.90 Å².